The summed E-state index contributed by atoms with van der Waals surface area (Å²) in [6.45, 7) is -0.0382. The number of rotatable bonds is 3. The highest BCUT2D eigenvalue weighted by atomic mass is 79.9. The van der Waals surface area contributed by atoms with E-state index in [1.165, 1.54) is 0 Å². The molecule has 1 atom stereocenters. The number of phenols is 1. The molecule has 0 aliphatic carbocycles. The van der Waals surface area contributed by atoms with Crippen LogP contribution in [-0.2, 0) is 0 Å². The summed E-state index contributed by atoms with van der Waals surface area (Å²) in [6.07, 6.45) is 0.365. The molecule has 0 fully saturated rings. The maximum absolute atomic E-state index is 9.68. The zero-order valence-corrected chi connectivity index (χ0v) is 9.72. The third-order valence-electron chi connectivity index (χ3n) is 1.93. The van der Waals surface area contributed by atoms with Crippen LogP contribution >= 0.6 is 27.5 Å². The van der Waals surface area contributed by atoms with Crippen molar-refractivity contribution in [2.75, 3.05) is 6.61 Å². The summed E-state index contributed by atoms with van der Waals surface area (Å²) >= 11 is 9.06. The average Bonchev–Trinajstić information content (AvgIpc) is 2.13. The fourth-order valence-corrected chi connectivity index (χ4v) is 1.83. The maximum Gasteiger partial charge on any atom is 0.136 e. The third kappa shape index (κ3) is 2.39. The van der Waals surface area contributed by atoms with Crippen LogP contribution in [0.1, 0.15) is 18.0 Å². The van der Waals surface area contributed by atoms with Crippen molar-refractivity contribution in [2.24, 2.45) is 5.73 Å². The number of halogens is 2. The summed E-state index contributed by atoms with van der Waals surface area (Å²) in [6, 6.07) is 2.84. The van der Waals surface area contributed by atoms with Crippen molar-refractivity contribution in [1.82, 2.24) is 0 Å². The van der Waals surface area contributed by atoms with E-state index in [0.29, 0.717) is 21.5 Å². The van der Waals surface area contributed by atoms with Crippen molar-refractivity contribution in [3.8, 4) is 5.75 Å². The molecule has 5 heteroatoms. The Hall–Kier alpha value is -0.290. The highest BCUT2D eigenvalue weighted by molar-refractivity contribution is 9.10. The summed E-state index contributed by atoms with van der Waals surface area (Å²) in [5, 5.41) is 18.8. The lowest BCUT2D eigenvalue weighted by atomic mass is 10.0. The minimum absolute atomic E-state index is 0.0382. The molecule has 3 nitrogen and oxygen atoms in total. The first-order valence-electron chi connectivity index (χ1n) is 4.11. The van der Waals surface area contributed by atoms with E-state index in [1.807, 2.05) is 0 Å². The standard InChI is InChI=1S/C9H11BrClNO2/c10-5-1-2-6(11)8(9(5)14)7(12)3-4-13/h1-2,7,13-14H,3-4,12H2/t7-/m1/s1. The Morgan fingerprint density at radius 2 is 2.14 bits per heavy atom. The first-order chi connectivity index (χ1) is 6.57. The van der Waals surface area contributed by atoms with Crippen LogP contribution in [0, 0.1) is 0 Å². The molecule has 0 saturated carbocycles. The van der Waals surface area contributed by atoms with Crippen molar-refractivity contribution in [3.05, 3.63) is 27.2 Å². The molecular weight excluding hydrogens is 269 g/mol. The molecule has 0 aliphatic rings. The molecule has 14 heavy (non-hydrogen) atoms. The molecule has 0 aromatic heterocycles. The minimum Gasteiger partial charge on any atom is -0.506 e. The van der Waals surface area contributed by atoms with E-state index < -0.39 is 6.04 Å². The van der Waals surface area contributed by atoms with Gasteiger partial charge in [-0.3, -0.25) is 0 Å². The van der Waals surface area contributed by atoms with Crippen LogP contribution in [0.15, 0.2) is 16.6 Å². The van der Waals surface area contributed by atoms with Crippen LogP contribution in [0.25, 0.3) is 0 Å². The first-order valence-corrected chi connectivity index (χ1v) is 5.28. The van der Waals surface area contributed by atoms with Crippen molar-refractivity contribution in [3.63, 3.8) is 0 Å². The van der Waals surface area contributed by atoms with Gasteiger partial charge in [0.25, 0.3) is 0 Å². The molecule has 78 valence electrons. The smallest absolute Gasteiger partial charge is 0.136 e. The summed E-state index contributed by atoms with van der Waals surface area (Å²) in [5.41, 5.74) is 6.22. The number of phenolic OH excluding ortho intramolecular Hbond substituents is 1. The molecule has 0 aliphatic heterocycles. The molecular formula is C9H11BrClNO2. The fraction of sp³-hybridized carbons (Fsp3) is 0.333. The zero-order valence-electron chi connectivity index (χ0n) is 7.37. The van der Waals surface area contributed by atoms with Gasteiger partial charge in [-0.05, 0) is 34.5 Å². The first kappa shape index (κ1) is 11.8. The van der Waals surface area contributed by atoms with Crippen molar-refractivity contribution >= 4 is 27.5 Å². The van der Waals surface area contributed by atoms with Gasteiger partial charge in [0.05, 0.1) is 4.47 Å². The van der Waals surface area contributed by atoms with E-state index >= 15 is 0 Å². The average molecular weight is 281 g/mol. The van der Waals surface area contributed by atoms with Gasteiger partial charge < -0.3 is 15.9 Å². The summed E-state index contributed by atoms with van der Waals surface area (Å²) in [5.74, 6) is 0.0402. The Bertz CT molecular complexity index is 333. The quantitative estimate of drug-likeness (QED) is 0.795. The van der Waals surface area contributed by atoms with Crippen LogP contribution < -0.4 is 5.73 Å². The van der Waals surface area contributed by atoms with E-state index in [-0.39, 0.29) is 12.4 Å². The van der Waals surface area contributed by atoms with E-state index in [2.05, 4.69) is 15.9 Å². The number of nitrogens with two attached hydrogens (primary N) is 1. The molecule has 4 N–H and O–H groups in total. The maximum atomic E-state index is 9.68. The Morgan fingerprint density at radius 1 is 1.50 bits per heavy atom. The van der Waals surface area contributed by atoms with Gasteiger partial charge in [0.2, 0.25) is 0 Å². The lowest BCUT2D eigenvalue weighted by molar-refractivity contribution is 0.275. The van der Waals surface area contributed by atoms with Crippen LogP contribution in [0.5, 0.6) is 5.75 Å². The SMILES string of the molecule is N[C@H](CCO)c1c(Cl)ccc(Br)c1O. The van der Waals surface area contributed by atoms with E-state index in [9.17, 15) is 5.11 Å². The van der Waals surface area contributed by atoms with Gasteiger partial charge in [-0.1, -0.05) is 11.6 Å². The highest BCUT2D eigenvalue weighted by Gasteiger charge is 2.16. The van der Waals surface area contributed by atoms with Gasteiger partial charge in [0.1, 0.15) is 5.75 Å². The van der Waals surface area contributed by atoms with Gasteiger partial charge in [-0.25, -0.2) is 0 Å². The minimum atomic E-state index is -0.454. The van der Waals surface area contributed by atoms with Crippen molar-refractivity contribution < 1.29 is 10.2 Å². The van der Waals surface area contributed by atoms with Gasteiger partial charge in [-0.2, -0.15) is 0 Å². The van der Waals surface area contributed by atoms with Crippen LogP contribution in [-0.4, -0.2) is 16.8 Å². The zero-order chi connectivity index (χ0) is 10.7. The number of hydrogen-bond donors (Lipinski definition) is 3. The molecule has 0 spiro atoms. The third-order valence-corrected chi connectivity index (χ3v) is 2.90. The molecule has 1 rings (SSSR count). The Morgan fingerprint density at radius 3 is 2.71 bits per heavy atom. The fourth-order valence-electron chi connectivity index (χ4n) is 1.19. The second kappa shape index (κ2) is 4.98. The lowest BCUT2D eigenvalue weighted by Gasteiger charge is -2.14. The molecule has 0 saturated heterocycles. The van der Waals surface area contributed by atoms with E-state index in [1.54, 1.807) is 12.1 Å². The molecule has 0 unspecified atom stereocenters. The molecule has 0 heterocycles. The number of aliphatic hydroxyl groups excluding tert-OH is 1. The van der Waals surface area contributed by atoms with E-state index in [4.69, 9.17) is 22.4 Å². The number of benzene rings is 1. The largest absolute Gasteiger partial charge is 0.506 e. The number of aliphatic hydroxyl groups is 1. The Labute approximate surface area is 95.6 Å². The second-order valence-electron chi connectivity index (χ2n) is 2.91. The molecule has 0 bridgehead atoms. The predicted octanol–water partition coefficient (Wildman–Crippen LogP) is 2.19. The van der Waals surface area contributed by atoms with Crippen LogP contribution in [0.2, 0.25) is 5.02 Å². The van der Waals surface area contributed by atoms with E-state index in [0.717, 1.165) is 0 Å². The molecule has 1 aromatic carbocycles. The second-order valence-corrected chi connectivity index (χ2v) is 4.17. The van der Waals surface area contributed by atoms with Crippen LogP contribution in [0.3, 0.4) is 0 Å². The normalized spacial score (nSPS) is 12.9. The predicted molar refractivity (Wildman–Crippen MR) is 59.4 cm³/mol. The summed E-state index contributed by atoms with van der Waals surface area (Å²) in [7, 11) is 0. The topological polar surface area (TPSA) is 66.5 Å². The molecule has 0 amide bonds. The molecule has 1 aromatic rings. The van der Waals surface area contributed by atoms with Gasteiger partial charge in [-0.15, -0.1) is 0 Å². The molecule has 0 radical (unpaired) electrons. The monoisotopic (exact) mass is 279 g/mol. The Balaban J connectivity index is 3.11. The van der Waals surface area contributed by atoms with Crippen molar-refractivity contribution in [1.29, 1.82) is 0 Å². The summed E-state index contributed by atoms with van der Waals surface area (Å²) < 4.78 is 0.547. The number of aromatic hydroxyl groups is 1. The Kier molecular flexibility index (Phi) is 4.19. The van der Waals surface area contributed by atoms with Crippen LogP contribution in [0.4, 0.5) is 0 Å². The number of hydrogen-bond acceptors (Lipinski definition) is 3. The van der Waals surface area contributed by atoms with Crippen molar-refractivity contribution in [2.45, 2.75) is 12.5 Å². The van der Waals surface area contributed by atoms with Gasteiger partial charge >= 0.3 is 0 Å². The lowest BCUT2D eigenvalue weighted by Crippen LogP contribution is -2.12. The van der Waals surface area contributed by atoms with Gasteiger partial charge in [0.15, 0.2) is 0 Å². The summed E-state index contributed by atoms with van der Waals surface area (Å²) in [4.78, 5) is 0. The highest BCUT2D eigenvalue weighted by Crippen LogP contribution is 2.37. The van der Waals surface area contributed by atoms with Gasteiger partial charge in [0, 0.05) is 23.2 Å².